The van der Waals surface area contributed by atoms with Crippen LogP contribution in [-0.2, 0) is 27.2 Å². The van der Waals surface area contributed by atoms with Gasteiger partial charge in [-0.3, -0.25) is 0 Å². The average Bonchev–Trinajstić information content (AvgIpc) is 3.23. The fraction of sp³-hybridized carbons (Fsp3) is 0.250. The first-order valence-electron chi connectivity index (χ1n) is 18.1. The van der Waals surface area contributed by atoms with Crippen molar-refractivity contribution in [3.8, 4) is 28.7 Å². The molecule has 11 nitrogen and oxygen atoms in total. The maximum absolute atomic E-state index is 11.6. The zero-order valence-corrected chi connectivity index (χ0v) is 41.7. The first-order chi connectivity index (χ1) is 30.3. The summed E-state index contributed by atoms with van der Waals surface area (Å²) in [4.78, 5) is 0. The molecule has 0 aliphatic carbocycles. The Morgan fingerprint density at radius 1 is 0.333 bits per heavy atom. The molecular weight excluding hydrogens is 1070 g/mol. The van der Waals surface area contributed by atoms with E-state index in [0.717, 1.165) is 0 Å². The molecule has 5 aromatic rings. The Morgan fingerprint density at radius 2 is 0.556 bits per heavy atom. The zero-order valence-electron chi connectivity index (χ0n) is 32.4. The maximum Gasteiger partial charge on any atom is 0.697 e. The Kier molecular flexibility index (Phi) is 25.6. The third-order valence-corrected chi connectivity index (χ3v) is 11.8. The van der Waals surface area contributed by atoms with Crippen LogP contribution in [-0.4, -0.2) is 66.1 Å². The molecule has 0 amide bonds. The molecule has 5 rings (SSSR count). The minimum atomic E-state index is -2.29. The predicted octanol–water partition coefficient (Wildman–Crippen LogP) is 15.9. The Morgan fingerprint density at radius 3 is 0.778 bits per heavy atom. The second-order valence-electron chi connectivity index (χ2n) is 11.7. The van der Waals surface area contributed by atoms with Crippen LogP contribution in [0, 0.1) is 0 Å². The van der Waals surface area contributed by atoms with Gasteiger partial charge in [-0.05, 0) is 91.0 Å². The molecule has 0 aliphatic rings. The second kappa shape index (κ2) is 29.9. The summed E-state index contributed by atoms with van der Waals surface area (Å²) in [6.07, 6.45) is 0. The van der Waals surface area contributed by atoms with Crippen molar-refractivity contribution in [3.05, 3.63) is 141 Å². The summed E-state index contributed by atoms with van der Waals surface area (Å²) in [5, 5.41) is 4.55. The lowest BCUT2D eigenvalue weighted by molar-refractivity contribution is 0.115. The summed E-state index contributed by atoms with van der Waals surface area (Å²) in [6, 6.07) is 24.6. The van der Waals surface area contributed by atoms with Crippen LogP contribution in [0.15, 0.2) is 91.0 Å². The first-order valence-corrected chi connectivity index (χ1v) is 24.1. The molecule has 0 radical (unpaired) electrons. The van der Waals surface area contributed by atoms with Crippen LogP contribution in [0.25, 0.3) is 0 Å². The van der Waals surface area contributed by atoms with Gasteiger partial charge in [-0.15, -0.1) is 9.05 Å². The molecule has 0 bridgehead atoms. The van der Waals surface area contributed by atoms with Gasteiger partial charge >= 0.3 is 16.9 Å². The Balaban J connectivity index is 0.000000294. The molecule has 0 aliphatic heterocycles. The lowest BCUT2D eigenvalue weighted by Crippen LogP contribution is -2.11. The number of hydrogen-bond acceptors (Lipinski definition) is 11. The zero-order chi connectivity index (χ0) is 45.6. The number of halogens is 10. The highest BCUT2D eigenvalue weighted by molar-refractivity contribution is 7.41. The van der Waals surface area contributed by atoms with Gasteiger partial charge in [-0.2, -0.15) is 0 Å². The van der Waals surface area contributed by atoms with Crippen molar-refractivity contribution in [1.29, 1.82) is 0 Å². The minimum Gasteiger partial charge on any atom is -0.490 e. The van der Waals surface area contributed by atoms with Crippen molar-refractivity contribution in [2.75, 3.05) is 66.1 Å². The quantitative estimate of drug-likeness (QED) is 0.0412. The lowest BCUT2D eigenvalue weighted by atomic mass is 10.3. The molecule has 0 fully saturated rings. The minimum absolute atomic E-state index is 0.0675. The lowest BCUT2D eigenvalue weighted by Gasteiger charge is -2.18. The molecular formula is C40H35Cl10O11P2+. The smallest absolute Gasteiger partial charge is 0.490 e. The van der Waals surface area contributed by atoms with Crippen molar-refractivity contribution in [2.45, 2.75) is 0 Å². The van der Waals surface area contributed by atoms with Gasteiger partial charge in [0, 0.05) is 29.7 Å². The standard InChI is InChI=1S/C24H21Cl6O6P.C16H14Cl4O5P/c25-16-1-4-22(19(28)13-16)31-7-10-34-37(35-11-8-32-23-5-2-17(26)14-20(23)29)36-12-9-33-24-6-3-18(27)15-21(24)30;17-11-1-3-15(13(19)9-11)22-5-7-24-26(21)25-8-6-23-16-4-2-12(18)10-14(16)20/h1-6,13-15H,7-12H2;1-4,9-10H,5-8H2/q;+1. The molecule has 5 aromatic carbocycles. The van der Waals surface area contributed by atoms with Gasteiger partial charge in [-0.1, -0.05) is 116 Å². The highest BCUT2D eigenvalue weighted by Crippen LogP contribution is 2.40. The van der Waals surface area contributed by atoms with Gasteiger partial charge in [-0.25, -0.2) is 0 Å². The maximum atomic E-state index is 11.6. The van der Waals surface area contributed by atoms with E-state index in [2.05, 4.69) is 0 Å². The third-order valence-electron chi connectivity index (χ3n) is 7.16. The molecule has 340 valence electrons. The van der Waals surface area contributed by atoms with Crippen LogP contribution in [0.5, 0.6) is 28.7 Å². The Labute approximate surface area is 416 Å². The number of benzene rings is 5. The summed E-state index contributed by atoms with van der Waals surface area (Å²) in [6.45, 7) is 1.61. The van der Waals surface area contributed by atoms with E-state index < -0.39 is 16.9 Å². The predicted molar refractivity (Wildman–Crippen MR) is 254 cm³/mol. The van der Waals surface area contributed by atoms with Crippen molar-refractivity contribution < 1.29 is 50.9 Å². The normalized spacial score (nSPS) is 10.9. The fourth-order valence-electron chi connectivity index (χ4n) is 4.43. The van der Waals surface area contributed by atoms with Crippen LogP contribution in [0.4, 0.5) is 0 Å². The first kappa shape index (κ1) is 53.9. The van der Waals surface area contributed by atoms with Gasteiger partial charge in [0.2, 0.25) is 0 Å². The van der Waals surface area contributed by atoms with Crippen molar-refractivity contribution in [3.63, 3.8) is 0 Å². The summed E-state index contributed by atoms with van der Waals surface area (Å²) in [5.74, 6) is 2.39. The van der Waals surface area contributed by atoms with Crippen LogP contribution >= 0.6 is 133 Å². The molecule has 23 heteroatoms. The van der Waals surface area contributed by atoms with Gasteiger partial charge in [0.1, 0.15) is 75.0 Å². The van der Waals surface area contributed by atoms with Crippen LogP contribution < -0.4 is 23.7 Å². The molecule has 0 saturated carbocycles. The molecule has 0 atom stereocenters. The van der Waals surface area contributed by atoms with Gasteiger partial charge < -0.3 is 37.3 Å². The van der Waals surface area contributed by atoms with Crippen LogP contribution in [0.2, 0.25) is 50.2 Å². The third kappa shape index (κ3) is 21.2. The van der Waals surface area contributed by atoms with Crippen molar-refractivity contribution in [2.24, 2.45) is 0 Å². The average molecular weight is 1110 g/mol. The van der Waals surface area contributed by atoms with Gasteiger partial charge in [0.05, 0.1) is 44.9 Å². The molecule has 0 heterocycles. The van der Waals surface area contributed by atoms with Crippen LogP contribution in [0.1, 0.15) is 0 Å². The SMILES string of the molecule is Clc1ccc(OCCOP(OCCOc2ccc(Cl)cc2Cl)OCCOc2ccc(Cl)cc2Cl)c(Cl)c1.O=[P+](OCCOc1ccc(Cl)cc1Cl)OCCOc1ccc(Cl)cc1Cl. The molecule has 0 N–H and O–H groups in total. The highest BCUT2D eigenvalue weighted by Gasteiger charge is 2.20. The van der Waals surface area contributed by atoms with E-state index in [1.54, 1.807) is 91.0 Å². The molecule has 0 aromatic heterocycles. The van der Waals surface area contributed by atoms with E-state index >= 15 is 0 Å². The van der Waals surface area contributed by atoms with E-state index in [1.807, 2.05) is 0 Å². The highest BCUT2D eigenvalue weighted by atomic mass is 35.5. The van der Waals surface area contributed by atoms with Gasteiger partial charge in [0.25, 0.3) is 0 Å². The summed E-state index contributed by atoms with van der Waals surface area (Å²) >= 11 is 59.6. The van der Waals surface area contributed by atoms with Crippen molar-refractivity contribution >= 4 is 133 Å². The summed E-state index contributed by atoms with van der Waals surface area (Å²) < 4.78 is 66.5. The topological polar surface area (TPSA) is 109 Å². The van der Waals surface area contributed by atoms with E-state index in [9.17, 15) is 4.57 Å². The van der Waals surface area contributed by atoms with E-state index in [4.69, 9.17) is 162 Å². The van der Waals surface area contributed by atoms with E-state index in [-0.39, 0.29) is 66.1 Å². The van der Waals surface area contributed by atoms with Crippen molar-refractivity contribution in [1.82, 2.24) is 0 Å². The van der Waals surface area contributed by atoms with Crippen LogP contribution in [0.3, 0.4) is 0 Å². The summed E-state index contributed by atoms with van der Waals surface area (Å²) in [5.41, 5.74) is 0. The largest absolute Gasteiger partial charge is 0.697 e. The fourth-order valence-corrected chi connectivity index (χ4v) is 8.16. The van der Waals surface area contributed by atoms with Gasteiger partial charge in [0.15, 0.2) is 0 Å². The number of hydrogen-bond donors (Lipinski definition) is 0. The van der Waals surface area contributed by atoms with E-state index in [0.29, 0.717) is 79.0 Å². The monoisotopic (exact) mass is 1100 g/mol. The number of rotatable bonds is 25. The summed E-state index contributed by atoms with van der Waals surface area (Å²) in [7, 11) is -4.03. The number of ether oxygens (including phenoxy) is 5. The molecule has 0 saturated heterocycles. The Hall–Kier alpha value is -1.67. The molecule has 0 unspecified atom stereocenters. The molecule has 63 heavy (non-hydrogen) atoms. The molecule has 0 spiro atoms. The Bertz CT molecular complexity index is 2010. The second-order valence-corrected chi connectivity index (χ2v) is 18.1. The van der Waals surface area contributed by atoms with E-state index in [1.165, 1.54) is 0 Å².